The molecule has 0 radical (unpaired) electrons. The lowest BCUT2D eigenvalue weighted by Crippen LogP contribution is -2.32. The fraction of sp³-hybridized carbons (Fsp3) is 0.371. The molecule has 0 spiro atoms. The Kier molecular flexibility index (Phi) is 16.3. The number of halogens is 3. The van der Waals surface area contributed by atoms with E-state index in [4.69, 9.17) is 33.3 Å². The highest BCUT2D eigenvalue weighted by molar-refractivity contribution is 5.86. The van der Waals surface area contributed by atoms with Crippen LogP contribution in [0.4, 0.5) is 0 Å². The molecule has 2 aromatic heterocycles. The summed E-state index contributed by atoms with van der Waals surface area (Å²) in [5.41, 5.74) is 5.33. The maximum Gasteiger partial charge on any atom is 0.203 e. The molecule has 0 aliphatic carbocycles. The third-order valence-electron chi connectivity index (χ3n) is 7.91. The van der Waals surface area contributed by atoms with Crippen molar-refractivity contribution in [2.75, 3.05) is 55.7 Å². The Morgan fingerprint density at radius 3 is 1.50 bits per heavy atom. The summed E-state index contributed by atoms with van der Waals surface area (Å²) in [5.74, 6) is 3.35. The average Bonchev–Trinajstić information content (AvgIpc) is 3.10. The van der Waals surface area contributed by atoms with Crippen molar-refractivity contribution >= 4 is 37.2 Å². The zero-order valence-corrected chi connectivity index (χ0v) is 30.5. The number of piperidine rings is 1. The third-order valence-corrected chi connectivity index (χ3v) is 7.91. The van der Waals surface area contributed by atoms with E-state index in [0.29, 0.717) is 40.9 Å². The number of rotatable bonds is 13. The van der Waals surface area contributed by atoms with Crippen molar-refractivity contribution in [3.63, 3.8) is 0 Å². The summed E-state index contributed by atoms with van der Waals surface area (Å²) in [6.07, 6.45) is 7.43. The first-order valence-corrected chi connectivity index (χ1v) is 14.9. The predicted octanol–water partition coefficient (Wildman–Crippen LogP) is 7.83. The van der Waals surface area contributed by atoms with Crippen molar-refractivity contribution in [3.05, 3.63) is 72.1 Å². The van der Waals surface area contributed by atoms with Crippen LogP contribution in [0.2, 0.25) is 0 Å². The largest absolute Gasteiger partial charge is 0.493 e. The van der Waals surface area contributed by atoms with E-state index in [1.807, 2.05) is 48.8 Å². The summed E-state index contributed by atoms with van der Waals surface area (Å²) in [5, 5.41) is 2.09. The molecule has 2 aromatic carbocycles. The van der Waals surface area contributed by atoms with Gasteiger partial charge >= 0.3 is 0 Å². The van der Waals surface area contributed by atoms with Crippen molar-refractivity contribution < 1.29 is 33.3 Å². The van der Waals surface area contributed by atoms with Gasteiger partial charge in [0.2, 0.25) is 11.5 Å². The molecule has 13 heteroatoms. The van der Waals surface area contributed by atoms with Gasteiger partial charge in [-0.3, -0.25) is 14.8 Å². The normalized spacial score (nSPS) is 13.1. The maximum absolute atomic E-state index is 6.71. The molecule has 10 nitrogen and oxygen atoms in total. The number of nitrogens with zero attached hydrogens (tertiary/aromatic N) is 3. The number of ether oxygens (including phenoxy) is 6. The van der Waals surface area contributed by atoms with E-state index in [1.165, 1.54) is 6.42 Å². The molecule has 0 amide bonds. The number of hydrogen-bond donors (Lipinski definition) is 0. The number of hydrogen-bond acceptors (Lipinski definition) is 10. The molecule has 1 aliphatic heterocycles. The standard InChI is InChI=1S/C35H41N3O7.3ClH/c1-39-30-19-25(20-31(40-2)34(30)43-5)27-16-23(10-12-36-27)17-29(45-38-14-8-7-9-15-38)24-11-13-37-28(18-24)26-21-32(41-3)35(44-6)33(22-26)42-4;;;/h10-13,16,18-22,29H,7-9,14-15,17H2,1-6H3;3*1H. The Morgan fingerprint density at radius 1 is 0.583 bits per heavy atom. The molecular weight excluding hydrogens is 681 g/mol. The lowest BCUT2D eigenvalue weighted by molar-refractivity contribution is -0.208. The van der Waals surface area contributed by atoms with Crippen molar-refractivity contribution in [1.82, 2.24) is 15.0 Å². The molecule has 48 heavy (non-hydrogen) atoms. The third kappa shape index (κ3) is 9.27. The molecule has 4 aromatic rings. The molecule has 0 saturated carbocycles. The van der Waals surface area contributed by atoms with Crippen LogP contribution in [0, 0.1) is 0 Å². The molecule has 1 unspecified atom stereocenters. The monoisotopic (exact) mass is 723 g/mol. The van der Waals surface area contributed by atoms with Crippen molar-refractivity contribution in [1.29, 1.82) is 0 Å². The minimum Gasteiger partial charge on any atom is -0.493 e. The van der Waals surface area contributed by atoms with E-state index in [9.17, 15) is 0 Å². The van der Waals surface area contributed by atoms with Gasteiger partial charge in [-0.2, -0.15) is 5.06 Å². The first-order chi connectivity index (χ1) is 22.0. The highest BCUT2D eigenvalue weighted by Crippen LogP contribution is 2.42. The topological polar surface area (TPSA) is 93.6 Å². The van der Waals surface area contributed by atoms with Crippen LogP contribution in [0.15, 0.2) is 60.9 Å². The summed E-state index contributed by atoms with van der Waals surface area (Å²) >= 11 is 0. The van der Waals surface area contributed by atoms with Crippen molar-refractivity contribution in [2.45, 2.75) is 31.8 Å². The first-order valence-electron chi connectivity index (χ1n) is 14.9. The Balaban J connectivity index is 0.00000267. The van der Waals surface area contributed by atoms with Crippen LogP contribution in [0.3, 0.4) is 0 Å². The molecule has 1 atom stereocenters. The number of benzene rings is 2. The number of pyridine rings is 2. The van der Waals surface area contributed by atoms with E-state index in [1.54, 1.807) is 42.7 Å². The van der Waals surface area contributed by atoms with Crippen LogP contribution < -0.4 is 28.4 Å². The summed E-state index contributed by atoms with van der Waals surface area (Å²) in [7, 11) is 9.60. The van der Waals surface area contributed by atoms with E-state index in [0.717, 1.165) is 59.6 Å². The van der Waals surface area contributed by atoms with Gasteiger partial charge in [0.1, 0.15) is 6.10 Å². The molecule has 1 aliphatic rings. The summed E-state index contributed by atoms with van der Waals surface area (Å²) in [6, 6.07) is 15.8. The van der Waals surface area contributed by atoms with Crippen LogP contribution in [-0.2, 0) is 11.3 Å². The summed E-state index contributed by atoms with van der Waals surface area (Å²) in [4.78, 5) is 16.1. The SMILES string of the molecule is COc1cc(-c2cc(CC(ON3CCCCC3)c3ccnc(-c4cc(OC)c(OC)c(OC)c4)c3)ccn2)cc(OC)c1OC.Cl.Cl.Cl. The van der Waals surface area contributed by atoms with Crippen molar-refractivity contribution in [3.8, 4) is 57.0 Å². The average molecular weight is 725 g/mol. The lowest BCUT2D eigenvalue weighted by Gasteiger charge is -2.30. The second kappa shape index (κ2) is 19.4. The van der Waals surface area contributed by atoms with Crippen LogP contribution in [0.25, 0.3) is 22.5 Å². The highest BCUT2D eigenvalue weighted by Gasteiger charge is 2.22. The molecule has 5 rings (SSSR count). The lowest BCUT2D eigenvalue weighted by atomic mass is 9.99. The highest BCUT2D eigenvalue weighted by atomic mass is 35.5. The van der Waals surface area contributed by atoms with Crippen LogP contribution in [-0.4, -0.2) is 70.8 Å². The zero-order chi connectivity index (χ0) is 31.8. The van der Waals surface area contributed by atoms with E-state index < -0.39 is 0 Å². The van der Waals surface area contributed by atoms with Crippen LogP contribution in [0.1, 0.15) is 36.5 Å². The van der Waals surface area contributed by atoms with Crippen LogP contribution in [0.5, 0.6) is 34.5 Å². The Bertz CT molecular complexity index is 1560. The molecule has 262 valence electrons. The van der Waals surface area contributed by atoms with Gasteiger partial charge in [-0.25, -0.2) is 0 Å². The fourth-order valence-electron chi connectivity index (χ4n) is 5.60. The second-order valence-corrected chi connectivity index (χ2v) is 10.6. The Labute approximate surface area is 301 Å². The zero-order valence-electron chi connectivity index (χ0n) is 28.0. The molecule has 1 saturated heterocycles. The van der Waals surface area contributed by atoms with E-state index >= 15 is 0 Å². The van der Waals surface area contributed by atoms with Gasteiger partial charge in [-0.1, -0.05) is 6.42 Å². The second-order valence-electron chi connectivity index (χ2n) is 10.6. The van der Waals surface area contributed by atoms with Gasteiger partial charge in [0.25, 0.3) is 0 Å². The van der Waals surface area contributed by atoms with Gasteiger partial charge in [0.05, 0.1) is 54.0 Å². The van der Waals surface area contributed by atoms with Gasteiger partial charge in [0.15, 0.2) is 23.0 Å². The van der Waals surface area contributed by atoms with E-state index in [2.05, 4.69) is 27.2 Å². The molecular formula is C35H44Cl3N3O7. The minimum atomic E-state index is -0.262. The minimum absolute atomic E-state index is 0. The molecule has 1 fully saturated rings. The first kappa shape index (κ1) is 40.5. The smallest absolute Gasteiger partial charge is 0.203 e. The van der Waals surface area contributed by atoms with Gasteiger partial charge in [-0.15, -0.1) is 37.2 Å². The maximum atomic E-state index is 6.71. The Hall–Kier alpha value is -3.67. The molecule has 3 heterocycles. The quantitative estimate of drug-likeness (QED) is 0.136. The number of methoxy groups -OCH3 is 6. The predicted molar refractivity (Wildman–Crippen MR) is 193 cm³/mol. The number of aromatic nitrogens is 2. The number of hydroxylamine groups is 2. The van der Waals surface area contributed by atoms with Gasteiger partial charge in [-0.05, 0) is 72.5 Å². The fourth-order valence-corrected chi connectivity index (χ4v) is 5.60. The summed E-state index contributed by atoms with van der Waals surface area (Å²) in [6.45, 7) is 1.79. The molecule has 0 N–H and O–H groups in total. The van der Waals surface area contributed by atoms with Crippen LogP contribution >= 0.6 is 37.2 Å². The summed E-state index contributed by atoms with van der Waals surface area (Å²) < 4.78 is 33.4. The van der Waals surface area contributed by atoms with E-state index in [-0.39, 0.29) is 43.3 Å². The van der Waals surface area contributed by atoms with Crippen molar-refractivity contribution in [2.24, 2.45) is 0 Å². The molecule has 0 bridgehead atoms. The Morgan fingerprint density at radius 2 is 1.04 bits per heavy atom. The van der Waals surface area contributed by atoms with Gasteiger partial charge < -0.3 is 28.4 Å². The van der Waals surface area contributed by atoms with Gasteiger partial charge in [0, 0.05) is 43.0 Å².